The lowest BCUT2D eigenvalue weighted by molar-refractivity contribution is -0.384. The third-order valence-corrected chi connectivity index (χ3v) is 5.26. The fourth-order valence-corrected chi connectivity index (χ4v) is 3.70. The van der Waals surface area contributed by atoms with Gasteiger partial charge in [-0.25, -0.2) is 4.39 Å². The maximum atomic E-state index is 13.2. The van der Waals surface area contributed by atoms with E-state index >= 15 is 0 Å². The van der Waals surface area contributed by atoms with Crippen LogP contribution in [0.15, 0.2) is 42.5 Å². The minimum absolute atomic E-state index is 0.175. The summed E-state index contributed by atoms with van der Waals surface area (Å²) in [4.78, 5) is 35.2. The Hall–Kier alpha value is -3.00. The molecule has 1 saturated carbocycles. The number of amides is 1. The maximum absolute atomic E-state index is 13.2. The lowest BCUT2D eigenvalue weighted by atomic mass is 9.79. The molecular weight excluding hydrogens is 403 g/mol. The van der Waals surface area contributed by atoms with Crippen molar-refractivity contribution in [1.29, 1.82) is 0 Å². The van der Waals surface area contributed by atoms with Crippen molar-refractivity contribution in [2.75, 3.05) is 11.9 Å². The van der Waals surface area contributed by atoms with E-state index in [1.165, 1.54) is 0 Å². The van der Waals surface area contributed by atoms with E-state index < -0.39 is 40.3 Å². The van der Waals surface area contributed by atoms with Crippen molar-refractivity contribution in [3.8, 4) is 0 Å². The number of ether oxygens (including phenoxy) is 1. The zero-order valence-corrected chi connectivity index (χ0v) is 16.1. The molecule has 0 aliphatic heterocycles. The highest BCUT2D eigenvalue weighted by Gasteiger charge is 2.44. The number of nitrogens with zero attached hydrogens (tertiary/aromatic N) is 1. The Morgan fingerprint density at radius 3 is 2.45 bits per heavy atom. The van der Waals surface area contributed by atoms with E-state index in [4.69, 9.17) is 16.3 Å². The molecule has 9 heteroatoms. The molecule has 0 bridgehead atoms. The van der Waals surface area contributed by atoms with Crippen LogP contribution in [0.2, 0.25) is 5.02 Å². The van der Waals surface area contributed by atoms with Crippen LogP contribution in [0.3, 0.4) is 0 Å². The van der Waals surface area contributed by atoms with Crippen LogP contribution in [0.25, 0.3) is 0 Å². The van der Waals surface area contributed by atoms with Gasteiger partial charge in [-0.2, -0.15) is 0 Å². The van der Waals surface area contributed by atoms with Crippen LogP contribution >= 0.6 is 11.6 Å². The standard InChI is InChI=1S/C20H18ClFN2O5/c21-14-5-3-13(4-6-14)20(9-1-2-10-20)19(26)29-12-18(25)23-16-8-7-15(22)11-17(16)24(27)28/h3-8,11H,1-2,9-10,12H2,(H,23,25). The summed E-state index contributed by atoms with van der Waals surface area (Å²) >= 11 is 5.93. The average Bonchev–Trinajstić information content (AvgIpc) is 3.19. The molecular formula is C20H18ClFN2O5. The highest BCUT2D eigenvalue weighted by molar-refractivity contribution is 6.30. The largest absolute Gasteiger partial charge is 0.455 e. The number of anilines is 1. The second-order valence-corrected chi connectivity index (χ2v) is 7.28. The van der Waals surface area contributed by atoms with Crippen LogP contribution in [0.4, 0.5) is 15.8 Å². The summed E-state index contributed by atoms with van der Waals surface area (Å²) in [6.07, 6.45) is 2.90. The van der Waals surface area contributed by atoms with E-state index in [9.17, 15) is 24.1 Å². The van der Waals surface area contributed by atoms with Crippen molar-refractivity contribution in [2.24, 2.45) is 0 Å². The molecule has 0 saturated heterocycles. The molecule has 7 nitrogen and oxygen atoms in total. The Morgan fingerprint density at radius 1 is 1.17 bits per heavy atom. The van der Waals surface area contributed by atoms with Gasteiger partial charge in [0.2, 0.25) is 0 Å². The van der Waals surface area contributed by atoms with Gasteiger partial charge in [0, 0.05) is 5.02 Å². The molecule has 0 atom stereocenters. The molecule has 1 aliphatic rings. The average molecular weight is 421 g/mol. The smallest absolute Gasteiger partial charge is 0.317 e. The van der Waals surface area contributed by atoms with Gasteiger partial charge in [0.25, 0.3) is 11.6 Å². The van der Waals surface area contributed by atoms with Gasteiger partial charge >= 0.3 is 5.97 Å². The number of nitrogens with one attached hydrogen (secondary N) is 1. The van der Waals surface area contributed by atoms with Crippen molar-refractivity contribution < 1.29 is 23.6 Å². The quantitative estimate of drug-likeness (QED) is 0.424. The topological polar surface area (TPSA) is 98.5 Å². The summed E-state index contributed by atoms with van der Waals surface area (Å²) in [6.45, 7) is -0.608. The van der Waals surface area contributed by atoms with Crippen molar-refractivity contribution >= 4 is 34.9 Å². The third-order valence-electron chi connectivity index (χ3n) is 5.01. The number of rotatable bonds is 6. The Morgan fingerprint density at radius 2 is 1.83 bits per heavy atom. The van der Waals surface area contributed by atoms with Crippen molar-refractivity contribution in [2.45, 2.75) is 31.1 Å². The van der Waals surface area contributed by atoms with Crippen LogP contribution in [-0.4, -0.2) is 23.4 Å². The summed E-state index contributed by atoms with van der Waals surface area (Å²) in [5.74, 6) is -2.08. The molecule has 3 rings (SSSR count). The first kappa shape index (κ1) is 20.7. The van der Waals surface area contributed by atoms with Crippen molar-refractivity contribution in [1.82, 2.24) is 0 Å². The van der Waals surface area contributed by atoms with Gasteiger partial charge in [-0.15, -0.1) is 0 Å². The van der Waals surface area contributed by atoms with Gasteiger partial charge in [0.05, 0.1) is 16.4 Å². The molecule has 1 aliphatic carbocycles. The van der Waals surface area contributed by atoms with Gasteiger partial charge in [0.1, 0.15) is 11.5 Å². The second kappa shape index (κ2) is 8.57. The molecule has 0 radical (unpaired) electrons. The molecule has 0 unspecified atom stereocenters. The SMILES string of the molecule is O=C(COC(=O)C1(c2ccc(Cl)cc2)CCCC1)Nc1ccc(F)cc1[N+](=O)[O-]. The number of hydrogen-bond acceptors (Lipinski definition) is 5. The minimum atomic E-state index is -0.841. The van der Waals surface area contributed by atoms with Crippen LogP contribution < -0.4 is 5.32 Å². The molecule has 1 fully saturated rings. The highest BCUT2D eigenvalue weighted by Crippen LogP contribution is 2.42. The van der Waals surface area contributed by atoms with E-state index in [2.05, 4.69) is 5.32 Å². The van der Waals surface area contributed by atoms with Crippen LogP contribution in [0, 0.1) is 15.9 Å². The van der Waals surface area contributed by atoms with Gasteiger partial charge in [-0.3, -0.25) is 19.7 Å². The fourth-order valence-electron chi connectivity index (χ4n) is 3.58. The summed E-state index contributed by atoms with van der Waals surface area (Å²) < 4.78 is 18.4. The number of benzene rings is 2. The Labute approximate surface area is 171 Å². The first-order chi connectivity index (χ1) is 13.8. The second-order valence-electron chi connectivity index (χ2n) is 6.84. The summed E-state index contributed by atoms with van der Waals surface area (Å²) in [6, 6.07) is 9.72. The Bertz CT molecular complexity index is 942. The molecule has 2 aromatic carbocycles. The number of carbonyl (C=O) groups is 2. The predicted octanol–water partition coefficient (Wildman–Crippen LogP) is 4.38. The highest BCUT2D eigenvalue weighted by atomic mass is 35.5. The van der Waals surface area contributed by atoms with Gasteiger partial charge in [-0.05, 0) is 42.7 Å². The predicted molar refractivity (Wildman–Crippen MR) is 104 cm³/mol. The lowest BCUT2D eigenvalue weighted by Gasteiger charge is -2.27. The Kier molecular flexibility index (Phi) is 6.12. The number of nitro groups is 1. The summed E-state index contributed by atoms with van der Waals surface area (Å²) in [5, 5.41) is 13.8. The van der Waals surface area contributed by atoms with Crippen LogP contribution in [-0.2, 0) is 19.7 Å². The summed E-state index contributed by atoms with van der Waals surface area (Å²) in [5.41, 5.74) is -0.824. The molecule has 0 spiro atoms. The molecule has 152 valence electrons. The zero-order chi connectivity index (χ0) is 21.0. The maximum Gasteiger partial charge on any atom is 0.317 e. The van der Waals surface area contributed by atoms with E-state index in [0.29, 0.717) is 23.9 Å². The third kappa shape index (κ3) is 4.54. The number of carbonyl (C=O) groups excluding carboxylic acids is 2. The van der Waals surface area contributed by atoms with Gasteiger partial charge in [0.15, 0.2) is 6.61 Å². The zero-order valence-electron chi connectivity index (χ0n) is 15.3. The fraction of sp³-hybridized carbons (Fsp3) is 0.300. The van der Waals surface area contributed by atoms with Crippen molar-refractivity contribution in [3.05, 3.63) is 69.0 Å². The molecule has 0 aromatic heterocycles. The van der Waals surface area contributed by atoms with E-state index in [1.807, 2.05) is 0 Å². The molecule has 1 N–H and O–H groups in total. The monoisotopic (exact) mass is 420 g/mol. The van der Waals surface area contributed by atoms with Gasteiger partial charge in [-0.1, -0.05) is 36.6 Å². The van der Waals surface area contributed by atoms with Crippen molar-refractivity contribution in [3.63, 3.8) is 0 Å². The number of esters is 1. The molecule has 29 heavy (non-hydrogen) atoms. The normalized spacial score (nSPS) is 15.0. The number of halogens is 2. The minimum Gasteiger partial charge on any atom is -0.455 e. The molecule has 2 aromatic rings. The lowest BCUT2D eigenvalue weighted by Crippen LogP contribution is -2.36. The first-order valence-corrected chi connectivity index (χ1v) is 9.37. The van der Waals surface area contributed by atoms with E-state index in [-0.39, 0.29) is 5.69 Å². The number of nitro benzene ring substituents is 1. The molecule has 1 amide bonds. The number of hydrogen-bond donors (Lipinski definition) is 1. The van der Waals surface area contributed by atoms with Crippen LogP contribution in [0.5, 0.6) is 0 Å². The first-order valence-electron chi connectivity index (χ1n) is 8.99. The van der Waals surface area contributed by atoms with Gasteiger partial charge < -0.3 is 10.1 Å². The van der Waals surface area contributed by atoms with E-state index in [0.717, 1.165) is 30.5 Å². The van der Waals surface area contributed by atoms with E-state index in [1.54, 1.807) is 24.3 Å². The molecule has 0 heterocycles. The Balaban J connectivity index is 1.69. The summed E-state index contributed by atoms with van der Waals surface area (Å²) in [7, 11) is 0. The van der Waals surface area contributed by atoms with Crippen LogP contribution in [0.1, 0.15) is 31.2 Å².